The van der Waals surface area contributed by atoms with E-state index in [9.17, 15) is 4.79 Å². The van der Waals surface area contributed by atoms with Crippen LogP contribution in [-0.2, 0) is 4.79 Å². The fourth-order valence-electron chi connectivity index (χ4n) is 3.06. The van der Waals surface area contributed by atoms with Crippen LogP contribution in [0.2, 0.25) is 0 Å². The van der Waals surface area contributed by atoms with Crippen LogP contribution in [0.25, 0.3) is 0 Å². The summed E-state index contributed by atoms with van der Waals surface area (Å²) in [6.07, 6.45) is 1.60. The van der Waals surface area contributed by atoms with Crippen LogP contribution >= 0.6 is 0 Å². The number of nitrogens with zero attached hydrogens (tertiary/aromatic N) is 2. The lowest BCUT2D eigenvalue weighted by molar-refractivity contribution is -0.117. The van der Waals surface area contributed by atoms with Crippen LogP contribution < -0.4 is 10.3 Å². The SMILES string of the molecule is C/C(=N/Nc1cc(C)cc(C)c1)c1ccc(N2CCCC2=O)cc1. The van der Waals surface area contributed by atoms with E-state index >= 15 is 0 Å². The van der Waals surface area contributed by atoms with Gasteiger partial charge in [-0.25, -0.2) is 0 Å². The molecule has 0 aromatic heterocycles. The zero-order valence-electron chi connectivity index (χ0n) is 14.5. The van der Waals surface area contributed by atoms with Crippen LogP contribution in [-0.4, -0.2) is 18.2 Å². The summed E-state index contributed by atoms with van der Waals surface area (Å²) in [5.74, 6) is 0.213. The highest BCUT2D eigenvalue weighted by molar-refractivity contribution is 6.00. The van der Waals surface area contributed by atoms with Gasteiger partial charge in [0.15, 0.2) is 0 Å². The van der Waals surface area contributed by atoms with Gasteiger partial charge in [-0.05, 0) is 68.1 Å². The Kier molecular flexibility index (Phi) is 4.65. The molecule has 124 valence electrons. The first-order chi connectivity index (χ1) is 11.5. The van der Waals surface area contributed by atoms with Crippen molar-refractivity contribution in [3.05, 3.63) is 59.2 Å². The van der Waals surface area contributed by atoms with Crippen LogP contribution in [0.4, 0.5) is 11.4 Å². The van der Waals surface area contributed by atoms with E-state index in [1.54, 1.807) is 0 Å². The number of carbonyl (C=O) groups excluding carboxylic acids is 1. The lowest BCUT2D eigenvalue weighted by atomic mass is 10.1. The summed E-state index contributed by atoms with van der Waals surface area (Å²) in [4.78, 5) is 13.7. The standard InChI is InChI=1S/C20H23N3O/c1-14-11-15(2)13-18(12-14)22-21-16(3)17-6-8-19(9-7-17)23-10-4-5-20(23)24/h6-9,11-13,22H,4-5,10H2,1-3H3/b21-16-. The molecular weight excluding hydrogens is 298 g/mol. The Morgan fingerprint density at radius 1 is 1.08 bits per heavy atom. The van der Waals surface area contributed by atoms with Crippen LogP contribution in [0, 0.1) is 13.8 Å². The van der Waals surface area contributed by atoms with Gasteiger partial charge in [-0.3, -0.25) is 10.2 Å². The molecule has 2 aromatic carbocycles. The minimum Gasteiger partial charge on any atom is -0.312 e. The van der Waals surface area contributed by atoms with Gasteiger partial charge in [-0.15, -0.1) is 0 Å². The number of anilines is 2. The van der Waals surface area contributed by atoms with E-state index in [1.165, 1.54) is 11.1 Å². The van der Waals surface area contributed by atoms with Gasteiger partial charge in [-0.1, -0.05) is 18.2 Å². The highest BCUT2D eigenvalue weighted by Gasteiger charge is 2.21. The summed E-state index contributed by atoms with van der Waals surface area (Å²) in [6.45, 7) is 6.95. The summed E-state index contributed by atoms with van der Waals surface area (Å²) < 4.78 is 0. The van der Waals surface area contributed by atoms with Gasteiger partial charge in [0, 0.05) is 18.7 Å². The number of rotatable bonds is 4. The molecule has 0 aliphatic carbocycles. The Morgan fingerprint density at radius 2 is 1.75 bits per heavy atom. The number of amides is 1. The minimum absolute atomic E-state index is 0.213. The van der Waals surface area contributed by atoms with Crippen molar-refractivity contribution in [1.82, 2.24) is 0 Å². The molecule has 1 aliphatic heterocycles. The van der Waals surface area contributed by atoms with Gasteiger partial charge in [0.1, 0.15) is 0 Å². The average molecular weight is 321 g/mol. The van der Waals surface area contributed by atoms with Crippen molar-refractivity contribution < 1.29 is 4.79 Å². The first-order valence-corrected chi connectivity index (χ1v) is 8.32. The third-order valence-electron chi connectivity index (χ3n) is 4.24. The van der Waals surface area contributed by atoms with E-state index in [-0.39, 0.29) is 5.91 Å². The van der Waals surface area contributed by atoms with Crippen molar-refractivity contribution in [2.45, 2.75) is 33.6 Å². The van der Waals surface area contributed by atoms with E-state index in [2.05, 4.69) is 42.6 Å². The average Bonchev–Trinajstić information content (AvgIpc) is 2.98. The highest BCUT2D eigenvalue weighted by Crippen LogP contribution is 2.22. The van der Waals surface area contributed by atoms with Gasteiger partial charge in [-0.2, -0.15) is 5.10 Å². The lowest BCUT2D eigenvalue weighted by Gasteiger charge is -2.15. The van der Waals surface area contributed by atoms with Crippen LogP contribution in [0.3, 0.4) is 0 Å². The van der Waals surface area contributed by atoms with Crippen molar-refractivity contribution >= 4 is 23.0 Å². The quantitative estimate of drug-likeness (QED) is 0.675. The minimum atomic E-state index is 0.213. The molecule has 0 spiro atoms. The molecule has 1 heterocycles. The maximum Gasteiger partial charge on any atom is 0.227 e. The van der Waals surface area contributed by atoms with Crippen LogP contribution in [0.15, 0.2) is 47.6 Å². The largest absolute Gasteiger partial charge is 0.312 e. The zero-order valence-corrected chi connectivity index (χ0v) is 14.5. The fraction of sp³-hybridized carbons (Fsp3) is 0.300. The molecule has 4 heteroatoms. The van der Waals surface area contributed by atoms with Gasteiger partial charge in [0.2, 0.25) is 5.91 Å². The topological polar surface area (TPSA) is 44.7 Å². The molecule has 0 saturated carbocycles. The second-order valence-electron chi connectivity index (χ2n) is 6.38. The number of hydrazone groups is 1. The molecule has 1 aliphatic rings. The number of carbonyl (C=O) groups is 1. The third kappa shape index (κ3) is 3.65. The number of benzene rings is 2. The summed E-state index contributed by atoms with van der Waals surface area (Å²) in [6, 6.07) is 14.3. The van der Waals surface area contributed by atoms with Crippen molar-refractivity contribution in [3.63, 3.8) is 0 Å². The molecule has 1 fully saturated rings. The van der Waals surface area contributed by atoms with Crippen LogP contribution in [0.5, 0.6) is 0 Å². The van der Waals surface area contributed by atoms with Gasteiger partial charge in [0.05, 0.1) is 11.4 Å². The summed E-state index contributed by atoms with van der Waals surface area (Å²) in [5.41, 5.74) is 9.47. The van der Waals surface area contributed by atoms with E-state index in [0.29, 0.717) is 6.42 Å². The van der Waals surface area contributed by atoms with E-state index in [0.717, 1.165) is 35.6 Å². The molecule has 2 aromatic rings. The molecule has 0 radical (unpaired) electrons. The summed E-state index contributed by atoms with van der Waals surface area (Å²) in [7, 11) is 0. The van der Waals surface area contributed by atoms with Gasteiger partial charge in [0.25, 0.3) is 0 Å². The molecular formula is C20H23N3O. The smallest absolute Gasteiger partial charge is 0.227 e. The van der Waals surface area contributed by atoms with Crippen LogP contribution in [0.1, 0.15) is 36.5 Å². The van der Waals surface area contributed by atoms with Crippen molar-refractivity contribution in [2.75, 3.05) is 16.9 Å². The molecule has 4 nitrogen and oxygen atoms in total. The van der Waals surface area contributed by atoms with E-state index in [1.807, 2.05) is 36.1 Å². The van der Waals surface area contributed by atoms with Gasteiger partial charge >= 0.3 is 0 Å². The van der Waals surface area contributed by atoms with Crippen molar-refractivity contribution in [2.24, 2.45) is 5.10 Å². The Balaban J connectivity index is 1.72. The third-order valence-corrected chi connectivity index (χ3v) is 4.24. The second-order valence-corrected chi connectivity index (χ2v) is 6.38. The molecule has 3 rings (SSSR count). The molecule has 0 unspecified atom stereocenters. The first kappa shape index (κ1) is 16.2. The Morgan fingerprint density at radius 3 is 2.33 bits per heavy atom. The van der Waals surface area contributed by atoms with E-state index < -0.39 is 0 Å². The van der Waals surface area contributed by atoms with Gasteiger partial charge < -0.3 is 4.90 Å². The fourth-order valence-corrected chi connectivity index (χ4v) is 3.06. The molecule has 24 heavy (non-hydrogen) atoms. The number of hydrogen-bond donors (Lipinski definition) is 1. The number of aryl methyl sites for hydroxylation is 2. The summed E-state index contributed by atoms with van der Waals surface area (Å²) >= 11 is 0. The highest BCUT2D eigenvalue weighted by atomic mass is 16.2. The number of hydrogen-bond acceptors (Lipinski definition) is 3. The second kappa shape index (κ2) is 6.87. The van der Waals surface area contributed by atoms with Crippen molar-refractivity contribution in [3.8, 4) is 0 Å². The predicted octanol–water partition coefficient (Wildman–Crippen LogP) is 4.27. The lowest BCUT2D eigenvalue weighted by Crippen LogP contribution is -2.23. The molecule has 0 atom stereocenters. The Hall–Kier alpha value is -2.62. The maximum atomic E-state index is 11.8. The Bertz CT molecular complexity index is 758. The Labute approximate surface area is 143 Å². The predicted molar refractivity (Wildman–Crippen MR) is 99.8 cm³/mol. The zero-order chi connectivity index (χ0) is 17.1. The number of nitrogens with one attached hydrogen (secondary N) is 1. The molecule has 1 saturated heterocycles. The van der Waals surface area contributed by atoms with Crippen molar-refractivity contribution in [1.29, 1.82) is 0 Å². The molecule has 0 bridgehead atoms. The van der Waals surface area contributed by atoms with E-state index in [4.69, 9.17) is 0 Å². The first-order valence-electron chi connectivity index (χ1n) is 8.32. The monoisotopic (exact) mass is 321 g/mol. The normalized spacial score (nSPS) is 15.0. The molecule has 1 amide bonds. The summed E-state index contributed by atoms with van der Waals surface area (Å²) in [5, 5.41) is 4.48. The maximum absolute atomic E-state index is 11.8. The molecule has 1 N–H and O–H groups in total.